The number of hydrogen-bond donors (Lipinski definition) is 3. The van der Waals surface area contributed by atoms with Gasteiger partial charge < -0.3 is 20.5 Å². The number of rotatable bonds is 8. The van der Waals surface area contributed by atoms with Crippen LogP contribution in [0.5, 0.6) is 0 Å². The molecule has 2 amide bonds. The van der Waals surface area contributed by atoms with Crippen molar-refractivity contribution in [3.8, 4) is 0 Å². The maximum absolute atomic E-state index is 11.6. The number of benzene rings is 1. The molecule has 0 fully saturated rings. The molecule has 0 spiro atoms. The van der Waals surface area contributed by atoms with E-state index in [2.05, 4.69) is 34.9 Å². The molecule has 0 aromatic heterocycles. The van der Waals surface area contributed by atoms with Gasteiger partial charge in [-0.1, -0.05) is 24.3 Å². The predicted molar refractivity (Wildman–Crippen MR) is 90.4 cm³/mol. The molecular weight excluding hydrogens is 292 g/mol. The van der Waals surface area contributed by atoms with Crippen LogP contribution in [0.4, 0.5) is 4.79 Å². The Hall–Kier alpha value is -1.59. The van der Waals surface area contributed by atoms with Crippen molar-refractivity contribution in [2.75, 3.05) is 19.8 Å². The molecule has 3 N–H and O–H groups in total. The van der Waals surface area contributed by atoms with E-state index in [9.17, 15) is 4.79 Å². The number of amides is 2. The molecule has 2 rings (SSSR count). The third-order valence-electron chi connectivity index (χ3n) is 4.18. The number of fused-ring (bicyclic) bond motifs is 1. The van der Waals surface area contributed by atoms with Crippen LogP contribution in [0.2, 0.25) is 0 Å². The monoisotopic (exact) mass is 320 g/mol. The Kier molecular flexibility index (Phi) is 7.36. The minimum atomic E-state index is -0.186. The van der Waals surface area contributed by atoms with Crippen molar-refractivity contribution in [3.05, 3.63) is 35.4 Å². The molecule has 23 heavy (non-hydrogen) atoms. The smallest absolute Gasteiger partial charge is 0.314 e. The van der Waals surface area contributed by atoms with Gasteiger partial charge >= 0.3 is 6.03 Å². The lowest BCUT2D eigenvalue weighted by Gasteiger charge is -2.25. The second-order valence-corrected chi connectivity index (χ2v) is 6.12. The van der Waals surface area contributed by atoms with Crippen molar-refractivity contribution in [2.24, 2.45) is 0 Å². The van der Waals surface area contributed by atoms with Crippen LogP contribution in [0.1, 0.15) is 49.8 Å². The van der Waals surface area contributed by atoms with E-state index in [1.54, 1.807) is 0 Å². The number of urea groups is 1. The second-order valence-electron chi connectivity index (χ2n) is 6.12. The number of carbonyl (C=O) groups is 1. The Bertz CT molecular complexity index is 493. The molecule has 0 saturated carbocycles. The van der Waals surface area contributed by atoms with Gasteiger partial charge in [0.05, 0.1) is 6.10 Å². The highest BCUT2D eigenvalue weighted by Crippen LogP contribution is 2.32. The lowest BCUT2D eigenvalue weighted by atomic mass is 9.89. The topological polar surface area (TPSA) is 70.6 Å². The van der Waals surface area contributed by atoms with E-state index in [-0.39, 0.29) is 24.8 Å². The molecule has 1 aliphatic rings. The van der Waals surface area contributed by atoms with Gasteiger partial charge in [-0.2, -0.15) is 0 Å². The van der Waals surface area contributed by atoms with E-state index in [1.807, 2.05) is 6.92 Å². The van der Waals surface area contributed by atoms with Gasteiger partial charge in [-0.25, -0.2) is 4.79 Å². The van der Waals surface area contributed by atoms with Crippen molar-refractivity contribution in [1.29, 1.82) is 0 Å². The van der Waals surface area contributed by atoms with Gasteiger partial charge in [-0.05, 0) is 50.2 Å². The summed E-state index contributed by atoms with van der Waals surface area (Å²) in [5.74, 6) is 0. The van der Waals surface area contributed by atoms with Gasteiger partial charge in [0.1, 0.15) is 0 Å². The van der Waals surface area contributed by atoms with Crippen molar-refractivity contribution in [2.45, 2.75) is 51.2 Å². The summed E-state index contributed by atoms with van der Waals surface area (Å²) in [4.78, 5) is 11.6. The normalized spacial score (nSPS) is 18.1. The Labute approximate surface area is 138 Å². The van der Waals surface area contributed by atoms with Crippen molar-refractivity contribution in [1.82, 2.24) is 10.6 Å². The molecule has 1 aromatic carbocycles. The van der Waals surface area contributed by atoms with Crippen LogP contribution in [0.3, 0.4) is 0 Å². The number of aliphatic hydroxyl groups is 1. The minimum absolute atomic E-state index is 0.0185. The van der Waals surface area contributed by atoms with E-state index < -0.39 is 0 Å². The minimum Gasteiger partial charge on any atom is -0.396 e. The number of ether oxygens (including phenoxy) is 1. The first kappa shape index (κ1) is 17.8. The summed E-state index contributed by atoms with van der Waals surface area (Å²) in [6.07, 6.45) is 4.94. The highest BCUT2D eigenvalue weighted by Gasteiger charge is 2.19. The zero-order valence-electron chi connectivity index (χ0n) is 13.9. The van der Waals surface area contributed by atoms with Gasteiger partial charge in [0.15, 0.2) is 0 Å². The van der Waals surface area contributed by atoms with E-state index in [0.29, 0.717) is 19.6 Å². The van der Waals surface area contributed by atoms with Crippen molar-refractivity contribution in [3.63, 3.8) is 0 Å². The Morgan fingerprint density at radius 3 is 3.09 bits per heavy atom. The average Bonchev–Trinajstić information content (AvgIpc) is 2.55. The van der Waals surface area contributed by atoms with Crippen LogP contribution in [0.25, 0.3) is 0 Å². The summed E-state index contributed by atoms with van der Waals surface area (Å²) >= 11 is 0. The van der Waals surface area contributed by atoms with E-state index in [1.165, 1.54) is 17.5 Å². The van der Waals surface area contributed by atoms with Gasteiger partial charge in [0.2, 0.25) is 0 Å². The van der Waals surface area contributed by atoms with Crippen LogP contribution >= 0.6 is 0 Å². The lowest BCUT2D eigenvalue weighted by molar-refractivity contribution is 0.0396. The van der Waals surface area contributed by atoms with Crippen LogP contribution in [-0.2, 0) is 11.2 Å². The Morgan fingerprint density at radius 1 is 1.43 bits per heavy atom. The fourth-order valence-electron chi connectivity index (χ4n) is 2.92. The Morgan fingerprint density at radius 2 is 2.26 bits per heavy atom. The number of aryl methyl sites for hydroxylation is 1. The van der Waals surface area contributed by atoms with E-state index >= 15 is 0 Å². The number of carbonyl (C=O) groups excluding carboxylic acids is 1. The summed E-state index contributed by atoms with van der Waals surface area (Å²) in [6.45, 7) is 3.19. The highest BCUT2D eigenvalue weighted by atomic mass is 16.5. The van der Waals surface area contributed by atoms with Gasteiger partial charge in [-0.15, -0.1) is 0 Å². The maximum atomic E-state index is 11.6. The van der Waals surface area contributed by atoms with Gasteiger partial charge in [-0.3, -0.25) is 0 Å². The third-order valence-corrected chi connectivity index (χ3v) is 4.18. The molecule has 5 nitrogen and oxygen atoms in total. The average molecular weight is 320 g/mol. The molecule has 1 aliphatic carbocycles. The number of aliphatic hydroxyl groups excluding tert-OH is 1. The zero-order valence-corrected chi connectivity index (χ0v) is 13.9. The van der Waals surface area contributed by atoms with Crippen LogP contribution in [0.15, 0.2) is 24.3 Å². The second kappa shape index (κ2) is 9.53. The molecular formula is C18H28N2O3. The molecule has 0 heterocycles. The van der Waals surface area contributed by atoms with Gasteiger partial charge in [0, 0.05) is 25.8 Å². The molecule has 0 saturated heterocycles. The van der Waals surface area contributed by atoms with Crippen molar-refractivity contribution < 1.29 is 14.6 Å². The number of nitrogens with one attached hydrogen (secondary N) is 2. The number of hydrogen-bond acceptors (Lipinski definition) is 3. The highest BCUT2D eigenvalue weighted by molar-refractivity contribution is 5.74. The lowest BCUT2D eigenvalue weighted by Crippen LogP contribution is -2.41. The first-order valence-electron chi connectivity index (χ1n) is 8.55. The maximum Gasteiger partial charge on any atom is 0.314 e. The molecule has 0 aliphatic heterocycles. The molecule has 0 unspecified atom stereocenters. The Balaban J connectivity index is 1.62. The summed E-state index contributed by atoms with van der Waals surface area (Å²) in [7, 11) is 0. The SMILES string of the molecule is C[C@H](CCO)NC(=O)NCCCO[C@@H]1CCCc2ccccc21. The first-order valence-corrected chi connectivity index (χ1v) is 8.55. The van der Waals surface area contributed by atoms with Crippen molar-refractivity contribution >= 4 is 6.03 Å². The largest absolute Gasteiger partial charge is 0.396 e. The summed E-state index contributed by atoms with van der Waals surface area (Å²) in [5.41, 5.74) is 2.72. The molecule has 1 aromatic rings. The first-order chi connectivity index (χ1) is 11.2. The molecule has 0 radical (unpaired) electrons. The molecule has 5 heteroatoms. The molecule has 128 valence electrons. The molecule has 0 bridgehead atoms. The van der Waals surface area contributed by atoms with Gasteiger partial charge in [0.25, 0.3) is 0 Å². The standard InChI is InChI=1S/C18H28N2O3/c1-14(10-12-21)20-18(22)19-11-5-13-23-17-9-4-7-15-6-2-3-8-16(15)17/h2-3,6,8,14,17,21H,4-5,7,9-13H2,1H3,(H2,19,20,22)/t14-,17-/m1/s1. The van der Waals surface area contributed by atoms with Crippen LogP contribution in [0, 0.1) is 0 Å². The summed E-state index contributed by atoms with van der Waals surface area (Å²) in [5, 5.41) is 14.4. The summed E-state index contributed by atoms with van der Waals surface area (Å²) in [6, 6.07) is 8.29. The predicted octanol–water partition coefficient (Wildman–Crippen LogP) is 2.54. The van der Waals surface area contributed by atoms with E-state index in [4.69, 9.17) is 9.84 Å². The van der Waals surface area contributed by atoms with Crippen LogP contribution in [-0.4, -0.2) is 36.9 Å². The third kappa shape index (κ3) is 5.84. The fraction of sp³-hybridized carbons (Fsp3) is 0.611. The summed E-state index contributed by atoms with van der Waals surface area (Å²) < 4.78 is 6.01. The zero-order chi connectivity index (χ0) is 16.5. The molecule has 2 atom stereocenters. The fourth-order valence-corrected chi connectivity index (χ4v) is 2.92. The quantitative estimate of drug-likeness (QED) is 0.645. The van der Waals surface area contributed by atoms with Crippen LogP contribution < -0.4 is 10.6 Å². The van der Waals surface area contributed by atoms with E-state index in [0.717, 1.165) is 19.3 Å².